The van der Waals surface area contributed by atoms with Gasteiger partial charge in [-0.2, -0.15) is 4.31 Å². The summed E-state index contributed by atoms with van der Waals surface area (Å²) in [5.41, 5.74) is 2.17. The largest absolute Gasteiger partial charge is 0.460 e. The lowest BCUT2D eigenvalue weighted by atomic mass is 10.1. The van der Waals surface area contributed by atoms with Crippen LogP contribution in [-0.2, 0) is 26.2 Å². The van der Waals surface area contributed by atoms with Gasteiger partial charge in [0.25, 0.3) is 5.91 Å². The maximum atomic E-state index is 12.7. The quantitative estimate of drug-likeness (QED) is 0.371. The molecule has 8 nitrogen and oxygen atoms in total. The maximum absolute atomic E-state index is 12.7. The molecule has 0 fully saturated rings. The number of esters is 1. The van der Waals surface area contributed by atoms with Gasteiger partial charge in [0.2, 0.25) is 10.0 Å². The molecule has 34 heavy (non-hydrogen) atoms. The summed E-state index contributed by atoms with van der Waals surface area (Å²) in [6.45, 7) is 0.841. The van der Waals surface area contributed by atoms with Gasteiger partial charge >= 0.3 is 5.97 Å². The van der Waals surface area contributed by atoms with Crippen LogP contribution in [0, 0.1) is 0 Å². The summed E-state index contributed by atoms with van der Waals surface area (Å²) < 4.78 is 31.4. The molecule has 9 heteroatoms. The van der Waals surface area contributed by atoms with Crippen molar-refractivity contribution in [3.8, 4) is 0 Å². The van der Waals surface area contributed by atoms with Crippen molar-refractivity contribution in [2.75, 3.05) is 18.9 Å². The number of likely N-dealkylation sites (N-methyl/N-ethyl adjacent to an activating group) is 1. The van der Waals surface area contributed by atoms with Crippen LogP contribution in [0.4, 0.5) is 5.69 Å². The summed E-state index contributed by atoms with van der Waals surface area (Å²) in [6, 6.07) is 21.1. The first kappa shape index (κ1) is 24.8. The first-order valence-corrected chi connectivity index (χ1v) is 11.8. The number of ether oxygens (including phenoxy) is 1. The highest BCUT2D eigenvalue weighted by Crippen LogP contribution is 2.16. The fourth-order valence-electron chi connectivity index (χ4n) is 2.99. The van der Waals surface area contributed by atoms with Crippen molar-refractivity contribution in [1.82, 2.24) is 4.31 Å². The molecule has 3 aromatic rings. The Balaban J connectivity index is 1.53. The van der Waals surface area contributed by atoms with E-state index in [9.17, 15) is 22.8 Å². The number of nitrogens with zero attached hydrogens (tertiary/aromatic N) is 1. The number of hydrogen-bond acceptors (Lipinski definition) is 6. The molecule has 0 heterocycles. The molecule has 3 aromatic carbocycles. The molecule has 1 amide bonds. The molecule has 0 aliphatic heterocycles. The van der Waals surface area contributed by atoms with Crippen LogP contribution in [0.1, 0.15) is 33.2 Å². The highest BCUT2D eigenvalue weighted by molar-refractivity contribution is 7.89. The monoisotopic (exact) mass is 480 g/mol. The number of Topliss-reactive ketones (excluding diaryl/α,β-unsaturated/α-hetero) is 1. The molecule has 1 N–H and O–H groups in total. The molecule has 0 aliphatic rings. The van der Waals surface area contributed by atoms with Crippen LogP contribution >= 0.6 is 0 Å². The van der Waals surface area contributed by atoms with Crippen molar-refractivity contribution >= 4 is 33.4 Å². The molecule has 0 aliphatic carbocycles. The Morgan fingerprint density at radius 1 is 0.853 bits per heavy atom. The third-order valence-corrected chi connectivity index (χ3v) is 6.79. The van der Waals surface area contributed by atoms with Crippen molar-refractivity contribution < 1.29 is 27.5 Å². The summed E-state index contributed by atoms with van der Waals surface area (Å²) in [4.78, 5) is 35.8. The Morgan fingerprint density at radius 3 is 2.03 bits per heavy atom. The minimum Gasteiger partial charge on any atom is -0.460 e. The number of sulfonamides is 1. The van der Waals surface area contributed by atoms with Crippen molar-refractivity contribution in [3.05, 3.63) is 95.6 Å². The van der Waals surface area contributed by atoms with Crippen LogP contribution in [0.5, 0.6) is 0 Å². The van der Waals surface area contributed by atoms with Crippen molar-refractivity contribution in [2.45, 2.75) is 18.4 Å². The van der Waals surface area contributed by atoms with E-state index in [1.807, 2.05) is 18.2 Å². The molecular formula is C25H24N2O6S. The molecule has 0 radical (unpaired) electrons. The highest BCUT2D eigenvalue weighted by Gasteiger charge is 2.23. The highest BCUT2D eigenvalue weighted by atomic mass is 32.2. The number of para-hydroxylation sites is 1. The van der Waals surface area contributed by atoms with Crippen LogP contribution in [0.25, 0.3) is 0 Å². The number of ketones is 1. The van der Waals surface area contributed by atoms with E-state index in [-0.39, 0.29) is 23.2 Å². The fourth-order valence-corrected chi connectivity index (χ4v) is 4.11. The second kappa shape index (κ2) is 10.9. The zero-order chi connectivity index (χ0) is 24.7. The number of carbonyl (C=O) groups excluding carboxylic acids is 3. The van der Waals surface area contributed by atoms with Gasteiger partial charge in [-0.3, -0.25) is 14.4 Å². The maximum Gasteiger partial charge on any atom is 0.321 e. The van der Waals surface area contributed by atoms with Crippen molar-refractivity contribution in [1.29, 1.82) is 0 Å². The van der Waals surface area contributed by atoms with Crippen molar-refractivity contribution in [3.63, 3.8) is 0 Å². The van der Waals surface area contributed by atoms with Gasteiger partial charge in [-0.15, -0.1) is 0 Å². The Kier molecular flexibility index (Phi) is 7.93. The molecule has 0 saturated carbocycles. The lowest BCUT2D eigenvalue weighted by molar-refractivity contribution is -0.144. The van der Waals surface area contributed by atoms with E-state index in [1.165, 1.54) is 38.2 Å². The third kappa shape index (κ3) is 6.37. The standard InChI is InChI=1S/C25H24N2O6S/c1-18(28)20-12-14-23(15-13-20)34(31,32)27(2)16-24(29)33-17-19-8-10-21(11-9-19)25(30)26-22-6-4-3-5-7-22/h3-15H,16-17H2,1-2H3,(H,26,30). The minimum atomic E-state index is -3.92. The van der Waals surface area contributed by atoms with E-state index in [0.29, 0.717) is 22.4 Å². The van der Waals surface area contributed by atoms with Gasteiger partial charge in [0.15, 0.2) is 5.78 Å². The molecule has 0 spiro atoms. The fraction of sp³-hybridized carbons (Fsp3) is 0.160. The normalized spacial score (nSPS) is 11.1. The Labute approximate surface area is 198 Å². The summed E-state index contributed by atoms with van der Waals surface area (Å²) in [5, 5.41) is 2.78. The number of nitrogens with one attached hydrogen (secondary N) is 1. The Hall–Kier alpha value is -3.82. The molecule has 0 atom stereocenters. The Morgan fingerprint density at radius 2 is 1.44 bits per heavy atom. The molecule has 0 bridgehead atoms. The summed E-state index contributed by atoms with van der Waals surface area (Å²) in [6.07, 6.45) is 0. The van der Waals surface area contributed by atoms with Crippen LogP contribution < -0.4 is 5.32 Å². The van der Waals surface area contributed by atoms with Crippen LogP contribution in [0.2, 0.25) is 0 Å². The summed E-state index contributed by atoms with van der Waals surface area (Å²) in [7, 11) is -2.65. The molecule has 0 aromatic heterocycles. The predicted molar refractivity (Wildman–Crippen MR) is 127 cm³/mol. The first-order valence-electron chi connectivity index (χ1n) is 10.3. The van der Waals surface area contributed by atoms with E-state index in [0.717, 1.165) is 4.31 Å². The van der Waals surface area contributed by atoms with E-state index in [1.54, 1.807) is 36.4 Å². The topological polar surface area (TPSA) is 110 Å². The molecule has 0 unspecified atom stereocenters. The molecule has 3 rings (SSSR count). The Bertz CT molecular complexity index is 1270. The number of hydrogen-bond donors (Lipinski definition) is 1. The zero-order valence-corrected chi connectivity index (χ0v) is 19.5. The molecule has 176 valence electrons. The number of anilines is 1. The van der Waals surface area contributed by atoms with Crippen molar-refractivity contribution in [2.24, 2.45) is 0 Å². The number of carbonyl (C=O) groups is 3. The average Bonchev–Trinajstić information content (AvgIpc) is 2.83. The number of benzene rings is 3. The molecular weight excluding hydrogens is 456 g/mol. The van der Waals surface area contributed by atoms with Gasteiger partial charge in [-0.25, -0.2) is 8.42 Å². The van der Waals surface area contributed by atoms with Crippen LogP contribution in [-0.4, -0.2) is 44.0 Å². The van der Waals surface area contributed by atoms with Gasteiger partial charge < -0.3 is 10.1 Å². The van der Waals surface area contributed by atoms with E-state index in [4.69, 9.17) is 4.74 Å². The number of amides is 1. The average molecular weight is 481 g/mol. The number of rotatable bonds is 9. The predicted octanol–water partition coefficient (Wildman–Crippen LogP) is 3.51. The SMILES string of the molecule is CC(=O)c1ccc(S(=O)(=O)N(C)CC(=O)OCc2ccc(C(=O)Nc3ccccc3)cc2)cc1. The second-order valence-electron chi connectivity index (χ2n) is 7.52. The van der Waals surface area contributed by atoms with Crippen LogP contribution in [0.15, 0.2) is 83.8 Å². The van der Waals surface area contributed by atoms with Gasteiger partial charge in [0, 0.05) is 23.9 Å². The summed E-state index contributed by atoms with van der Waals surface area (Å²) in [5.74, 6) is -1.17. The van der Waals surface area contributed by atoms with Gasteiger partial charge in [0.05, 0.1) is 4.90 Å². The first-order chi connectivity index (χ1) is 16.2. The van der Waals surface area contributed by atoms with E-state index < -0.39 is 22.5 Å². The third-order valence-electron chi connectivity index (χ3n) is 4.97. The second-order valence-corrected chi connectivity index (χ2v) is 9.56. The van der Waals surface area contributed by atoms with Gasteiger partial charge in [0.1, 0.15) is 13.2 Å². The molecule has 0 saturated heterocycles. The van der Waals surface area contributed by atoms with E-state index >= 15 is 0 Å². The lowest BCUT2D eigenvalue weighted by Gasteiger charge is -2.16. The van der Waals surface area contributed by atoms with Gasteiger partial charge in [-0.05, 0) is 48.9 Å². The van der Waals surface area contributed by atoms with Crippen LogP contribution in [0.3, 0.4) is 0 Å². The minimum absolute atomic E-state index is 0.0304. The summed E-state index contributed by atoms with van der Waals surface area (Å²) >= 11 is 0. The lowest BCUT2D eigenvalue weighted by Crippen LogP contribution is -2.33. The van der Waals surface area contributed by atoms with E-state index in [2.05, 4.69) is 5.32 Å². The smallest absolute Gasteiger partial charge is 0.321 e. The zero-order valence-electron chi connectivity index (χ0n) is 18.7. The van der Waals surface area contributed by atoms with Gasteiger partial charge in [-0.1, -0.05) is 42.5 Å².